The predicted molar refractivity (Wildman–Crippen MR) is 92.2 cm³/mol. The number of hydrogen-bond donors (Lipinski definition) is 0. The van der Waals surface area contributed by atoms with Crippen LogP contribution >= 0.6 is 22.6 Å². The van der Waals surface area contributed by atoms with Gasteiger partial charge in [-0.2, -0.15) is 0 Å². The van der Waals surface area contributed by atoms with E-state index in [-0.39, 0.29) is 11.5 Å². The normalized spacial score (nSPS) is 12.6. The number of sulfone groups is 1. The topological polar surface area (TPSA) is 60.4 Å². The van der Waals surface area contributed by atoms with Crippen molar-refractivity contribution in [3.63, 3.8) is 0 Å². The first-order chi connectivity index (χ1) is 10.5. The second-order valence-electron chi connectivity index (χ2n) is 4.51. The van der Waals surface area contributed by atoms with E-state index in [2.05, 4.69) is 0 Å². The van der Waals surface area contributed by atoms with E-state index in [0.717, 1.165) is 0 Å². The van der Waals surface area contributed by atoms with Crippen LogP contribution in [0.2, 0.25) is 0 Å². The van der Waals surface area contributed by atoms with E-state index in [1.165, 1.54) is 12.1 Å². The maximum Gasteiger partial charge on any atom is 0.329 e. The van der Waals surface area contributed by atoms with Gasteiger partial charge in [0, 0.05) is 3.57 Å². The van der Waals surface area contributed by atoms with Gasteiger partial charge in [-0.15, -0.1) is 0 Å². The molecule has 116 valence electrons. The van der Waals surface area contributed by atoms with Crippen molar-refractivity contribution < 1.29 is 17.9 Å². The minimum absolute atomic E-state index is 0.104. The highest BCUT2D eigenvalue weighted by molar-refractivity contribution is 14.1. The molecule has 22 heavy (non-hydrogen) atoms. The number of halogens is 1. The van der Waals surface area contributed by atoms with Crippen LogP contribution in [-0.2, 0) is 19.4 Å². The fourth-order valence-corrected chi connectivity index (χ4v) is 4.65. The Morgan fingerprint density at radius 2 is 1.68 bits per heavy atom. The van der Waals surface area contributed by atoms with E-state index in [4.69, 9.17) is 4.74 Å². The molecule has 2 aromatic carbocycles. The molecule has 0 bridgehead atoms. The molecule has 0 aliphatic heterocycles. The Morgan fingerprint density at radius 1 is 1.09 bits per heavy atom. The molecule has 4 nitrogen and oxygen atoms in total. The third-order valence-electron chi connectivity index (χ3n) is 3.07. The lowest BCUT2D eigenvalue weighted by atomic mass is 10.1. The van der Waals surface area contributed by atoms with E-state index in [1.807, 2.05) is 22.6 Å². The molecule has 0 spiro atoms. The summed E-state index contributed by atoms with van der Waals surface area (Å²) in [5.74, 6) is -0.754. The summed E-state index contributed by atoms with van der Waals surface area (Å²) in [5.41, 5.74) is 0.436. The monoisotopic (exact) mass is 430 g/mol. The van der Waals surface area contributed by atoms with Crippen LogP contribution in [0.1, 0.15) is 17.7 Å². The maximum absolute atomic E-state index is 12.9. The lowest BCUT2D eigenvalue weighted by Gasteiger charge is -2.18. The molecule has 2 rings (SSSR count). The van der Waals surface area contributed by atoms with Crippen molar-refractivity contribution in [3.05, 3.63) is 63.7 Å². The third-order valence-corrected chi connectivity index (χ3v) is 6.05. The summed E-state index contributed by atoms with van der Waals surface area (Å²) in [5, 5.41) is -1.36. The fourth-order valence-electron chi connectivity index (χ4n) is 2.07. The Morgan fingerprint density at radius 3 is 2.27 bits per heavy atom. The molecule has 0 saturated carbocycles. The predicted octanol–water partition coefficient (Wildman–Crippen LogP) is 3.37. The van der Waals surface area contributed by atoms with E-state index < -0.39 is 21.1 Å². The van der Waals surface area contributed by atoms with Crippen LogP contribution in [0.25, 0.3) is 0 Å². The number of esters is 1. The second kappa shape index (κ2) is 7.23. The molecular formula is C16H15IO4S. The Labute approximate surface area is 143 Å². The van der Waals surface area contributed by atoms with Crippen LogP contribution in [0.15, 0.2) is 59.5 Å². The summed E-state index contributed by atoms with van der Waals surface area (Å²) in [4.78, 5) is 12.4. The van der Waals surface area contributed by atoms with Crippen molar-refractivity contribution in [2.24, 2.45) is 0 Å². The first-order valence-electron chi connectivity index (χ1n) is 6.68. The van der Waals surface area contributed by atoms with E-state index in [9.17, 15) is 13.2 Å². The van der Waals surface area contributed by atoms with E-state index in [0.29, 0.717) is 9.13 Å². The number of carbonyl (C=O) groups excluding carboxylic acids is 1. The van der Waals surface area contributed by atoms with E-state index >= 15 is 0 Å². The van der Waals surface area contributed by atoms with Gasteiger partial charge >= 0.3 is 5.97 Å². The van der Waals surface area contributed by atoms with Crippen molar-refractivity contribution >= 4 is 38.4 Å². The Bertz CT molecular complexity index is 757. The molecule has 1 atom stereocenters. The molecule has 0 fully saturated rings. The fraction of sp³-hybridized carbons (Fsp3) is 0.188. The maximum atomic E-state index is 12.9. The van der Waals surface area contributed by atoms with Gasteiger partial charge in [-0.25, -0.2) is 8.42 Å². The van der Waals surface area contributed by atoms with Crippen LogP contribution in [0.4, 0.5) is 0 Å². The van der Waals surface area contributed by atoms with Crippen LogP contribution in [-0.4, -0.2) is 21.0 Å². The minimum atomic E-state index is -3.88. The third kappa shape index (κ3) is 3.49. The largest absolute Gasteiger partial charge is 0.465 e. The van der Waals surface area contributed by atoms with Gasteiger partial charge in [0.25, 0.3) is 0 Å². The Kier molecular flexibility index (Phi) is 5.57. The van der Waals surface area contributed by atoms with Gasteiger partial charge in [0.15, 0.2) is 15.1 Å². The van der Waals surface area contributed by atoms with Gasteiger partial charge in [-0.1, -0.05) is 36.4 Å². The summed E-state index contributed by atoms with van der Waals surface area (Å²) in [6.07, 6.45) is 0. The summed E-state index contributed by atoms with van der Waals surface area (Å²) >= 11 is 2.02. The van der Waals surface area contributed by atoms with Gasteiger partial charge in [0.05, 0.1) is 11.5 Å². The highest BCUT2D eigenvalue weighted by Gasteiger charge is 2.37. The molecule has 1 unspecified atom stereocenters. The van der Waals surface area contributed by atoms with Crippen molar-refractivity contribution in [1.29, 1.82) is 0 Å². The average molecular weight is 430 g/mol. The lowest BCUT2D eigenvalue weighted by Crippen LogP contribution is -2.25. The molecule has 0 aliphatic carbocycles. The number of ether oxygens (including phenoxy) is 1. The molecule has 6 heteroatoms. The van der Waals surface area contributed by atoms with Gasteiger partial charge in [-0.3, -0.25) is 4.79 Å². The van der Waals surface area contributed by atoms with Crippen molar-refractivity contribution in [1.82, 2.24) is 0 Å². The smallest absolute Gasteiger partial charge is 0.329 e. The standard InChI is InChI=1S/C16H15IO4S/c1-2-21-16(18)15(13-10-6-7-11-14(13)17)22(19,20)12-8-4-3-5-9-12/h3-11,15H,2H2,1H3. The highest BCUT2D eigenvalue weighted by atomic mass is 127. The summed E-state index contributed by atoms with van der Waals surface area (Å²) in [6, 6.07) is 14.9. The number of hydrogen-bond acceptors (Lipinski definition) is 4. The average Bonchev–Trinajstić information content (AvgIpc) is 2.50. The summed E-state index contributed by atoms with van der Waals surface area (Å²) in [6.45, 7) is 1.78. The second-order valence-corrected chi connectivity index (χ2v) is 7.71. The van der Waals surface area contributed by atoms with Crippen LogP contribution in [0.3, 0.4) is 0 Å². The summed E-state index contributed by atoms with van der Waals surface area (Å²) < 4.78 is 31.5. The van der Waals surface area contributed by atoms with Crippen molar-refractivity contribution in [2.75, 3.05) is 6.61 Å². The zero-order chi connectivity index (χ0) is 16.2. The van der Waals surface area contributed by atoms with Crippen molar-refractivity contribution in [3.8, 4) is 0 Å². The number of benzene rings is 2. The molecule has 0 aliphatic rings. The van der Waals surface area contributed by atoms with Gasteiger partial charge < -0.3 is 4.74 Å². The Hall–Kier alpha value is -1.41. The SMILES string of the molecule is CCOC(=O)C(c1ccccc1I)S(=O)(=O)c1ccccc1. The van der Waals surface area contributed by atoms with Crippen LogP contribution < -0.4 is 0 Å². The molecule has 2 aromatic rings. The molecule has 0 radical (unpaired) electrons. The summed E-state index contributed by atoms with van der Waals surface area (Å²) in [7, 11) is -3.88. The highest BCUT2D eigenvalue weighted by Crippen LogP contribution is 2.32. The van der Waals surface area contributed by atoms with E-state index in [1.54, 1.807) is 49.4 Å². The van der Waals surface area contributed by atoms with Gasteiger partial charge in [0.1, 0.15) is 0 Å². The lowest BCUT2D eigenvalue weighted by molar-refractivity contribution is -0.142. The molecule has 0 saturated heterocycles. The van der Waals surface area contributed by atoms with Gasteiger partial charge in [0.2, 0.25) is 0 Å². The Balaban J connectivity index is 2.60. The van der Waals surface area contributed by atoms with Crippen molar-refractivity contribution in [2.45, 2.75) is 17.1 Å². The number of rotatable bonds is 5. The van der Waals surface area contributed by atoms with Crippen LogP contribution in [0, 0.1) is 3.57 Å². The number of carbonyl (C=O) groups is 1. The molecule has 0 aromatic heterocycles. The molecule has 0 N–H and O–H groups in total. The first-order valence-corrected chi connectivity index (χ1v) is 9.31. The zero-order valence-electron chi connectivity index (χ0n) is 11.9. The minimum Gasteiger partial charge on any atom is -0.465 e. The quantitative estimate of drug-likeness (QED) is 0.539. The van der Waals surface area contributed by atoms with Gasteiger partial charge in [-0.05, 0) is 53.3 Å². The first kappa shape index (κ1) is 17.0. The molecular weight excluding hydrogens is 415 g/mol. The van der Waals surface area contributed by atoms with Crippen LogP contribution in [0.5, 0.6) is 0 Å². The zero-order valence-corrected chi connectivity index (χ0v) is 14.9. The molecule has 0 amide bonds. The molecule has 0 heterocycles.